The molecule has 152 valence electrons. The van der Waals surface area contributed by atoms with Crippen LogP contribution >= 0.6 is 11.3 Å². The normalized spacial score (nSPS) is 10.8. The smallest absolute Gasteiger partial charge is 0.340 e. The summed E-state index contributed by atoms with van der Waals surface area (Å²) in [5.41, 5.74) is 5.30. The molecular weight excluding hydrogens is 386 g/mol. The van der Waals surface area contributed by atoms with Gasteiger partial charge in [0.05, 0.1) is 22.9 Å². The van der Waals surface area contributed by atoms with Gasteiger partial charge in [-0.1, -0.05) is 24.3 Å². The number of aryl methyl sites for hydroxylation is 2. The van der Waals surface area contributed by atoms with Gasteiger partial charge in [0.1, 0.15) is 5.69 Å². The molecule has 1 aromatic carbocycles. The van der Waals surface area contributed by atoms with E-state index >= 15 is 0 Å². The second kappa shape index (κ2) is 9.05. The highest BCUT2D eigenvalue weighted by Crippen LogP contribution is 2.22. The predicted octanol–water partition coefficient (Wildman–Crippen LogP) is 4.21. The number of ether oxygens (including phenoxy) is 1. The van der Waals surface area contributed by atoms with Crippen LogP contribution in [0.2, 0.25) is 0 Å². The van der Waals surface area contributed by atoms with Crippen molar-refractivity contribution in [2.75, 3.05) is 13.2 Å². The number of H-pyrrole nitrogens is 1. The van der Waals surface area contributed by atoms with E-state index in [0.717, 1.165) is 21.8 Å². The average molecular weight is 412 g/mol. The summed E-state index contributed by atoms with van der Waals surface area (Å²) >= 11 is 1.64. The fourth-order valence-corrected chi connectivity index (χ4v) is 3.86. The van der Waals surface area contributed by atoms with Crippen molar-refractivity contribution in [1.82, 2.24) is 15.3 Å². The van der Waals surface area contributed by atoms with E-state index in [4.69, 9.17) is 4.74 Å². The molecule has 0 fully saturated rings. The minimum absolute atomic E-state index is 0.226. The van der Waals surface area contributed by atoms with Crippen LogP contribution in [0.3, 0.4) is 0 Å². The molecule has 0 bridgehead atoms. The number of hydrogen-bond donors (Lipinski definition) is 2. The summed E-state index contributed by atoms with van der Waals surface area (Å²) in [5, 5.41) is 6.02. The molecule has 0 radical (unpaired) electrons. The number of benzene rings is 1. The van der Waals surface area contributed by atoms with Crippen molar-refractivity contribution < 1.29 is 14.3 Å². The zero-order valence-electron chi connectivity index (χ0n) is 17.1. The molecule has 3 aromatic rings. The van der Waals surface area contributed by atoms with E-state index in [1.54, 1.807) is 32.1 Å². The minimum atomic E-state index is -0.409. The Bertz CT molecular complexity index is 1020. The molecular formula is C22H25N3O3S. The van der Waals surface area contributed by atoms with Crippen molar-refractivity contribution in [1.29, 1.82) is 0 Å². The number of rotatable bonds is 7. The Kier molecular flexibility index (Phi) is 6.49. The van der Waals surface area contributed by atoms with Gasteiger partial charge >= 0.3 is 5.97 Å². The second-order valence-electron chi connectivity index (χ2n) is 6.80. The lowest BCUT2D eigenvalue weighted by Gasteiger charge is -2.06. The number of esters is 1. The van der Waals surface area contributed by atoms with E-state index in [9.17, 15) is 9.59 Å². The van der Waals surface area contributed by atoms with Crippen LogP contribution in [0, 0.1) is 20.8 Å². The number of nitrogens with one attached hydrogen (secondary N) is 2. The molecule has 3 rings (SSSR count). The lowest BCUT2D eigenvalue weighted by Crippen LogP contribution is -2.26. The Labute approximate surface area is 174 Å². The van der Waals surface area contributed by atoms with Gasteiger partial charge in [-0.25, -0.2) is 9.78 Å². The zero-order chi connectivity index (χ0) is 21.0. The topological polar surface area (TPSA) is 84.1 Å². The van der Waals surface area contributed by atoms with E-state index in [2.05, 4.69) is 44.9 Å². The average Bonchev–Trinajstić information content (AvgIpc) is 3.25. The molecule has 0 saturated heterocycles. The highest BCUT2D eigenvalue weighted by molar-refractivity contribution is 7.09. The maximum atomic E-state index is 12.5. The number of carbonyl (C=O) groups excluding carboxylic acids is 2. The van der Waals surface area contributed by atoms with Crippen LogP contribution in [0.25, 0.3) is 11.3 Å². The van der Waals surface area contributed by atoms with Gasteiger partial charge in [0.25, 0.3) is 5.91 Å². The zero-order valence-corrected chi connectivity index (χ0v) is 17.9. The van der Waals surface area contributed by atoms with E-state index in [1.165, 1.54) is 0 Å². The van der Waals surface area contributed by atoms with Gasteiger partial charge in [0, 0.05) is 23.2 Å². The summed E-state index contributed by atoms with van der Waals surface area (Å²) in [6.07, 6.45) is 0.714. The molecule has 0 aliphatic heterocycles. The summed E-state index contributed by atoms with van der Waals surface area (Å²) in [7, 11) is 0. The van der Waals surface area contributed by atoms with E-state index in [1.807, 2.05) is 6.92 Å². The van der Waals surface area contributed by atoms with Crippen LogP contribution in [-0.2, 0) is 11.2 Å². The van der Waals surface area contributed by atoms with Gasteiger partial charge in [-0.2, -0.15) is 0 Å². The second-order valence-corrected chi connectivity index (χ2v) is 7.86. The predicted molar refractivity (Wildman–Crippen MR) is 115 cm³/mol. The standard InChI is InChI=1S/C22H25N3O3S/c1-5-28-22(27)19-13(2)20(24-14(19)3)21(26)23-11-10-16-6-8-17(9-7-16)18-12-29-15(4)25-18/h6-9,12,24H,5,10-11H2,1-4H3,(H,23,26). The van der Waals surface area contributed by atoms with E-state index in [-0.39, 0.29) is 5.91 Å². The fraction of sp³-hybridized carbons (Fsp3) is 0.318. The molecule has 0 spiro atoms. The first-order chi connectivity index (χ1) is 13.9. The monoisotopic (exact) mass is 411 g/mol. The van der Waals surface area contributed by atoms with Crippen molar-refractivity contribution in [2.24, 2.45) is 0 Å². The van der Waals surface area contributed by atoms with Crippen molar-refractivity contribution in [3.63, 3.8) is 0 Å². The van der Waals surface area contributed by atoms with E-state index < -0.39 is 5.97 Å². The van der Waals surface area contributed by atoms with Crippen LogP contribution in [0.4, 0.5) is 0 Å². The van der Waals surface area contributed by atoms with Crippen LogP contribution in [-0.4, -0.2) is 35.0 Å². The molecule has 2 heterocycles. The molecule has 2 N–H and O–H groups in total. The Balaban J connectivity index is 1.59. The highest BCUT2D eigenvalue weighted by atomic mass is 32.1. The number of nitrogens with zero attached hydrogens (tertiary/aromatic N) is 1. The summed E-state index contributed by atoms with van der Waals surface area (Å²) in [6.45, 7) is 8.07. The third-order valence-corrected chi connectivity index (χ3v) is 5.49. The number of thiazole rings is 1. The third-order valence-electron chi connectivity index (χ3n) is 4.71. The number of aromatic amines is 1. The molecule has 2 aromatic heterocycles. The molecule has 0 unspecified atom stereocenters. The third kappa shape index (κ3) is 4.74. The van der Waals surface area contributed by atoms with Crippen molar-refractivity contribution in [2.45, 2.75) is 34.1 Å². The Morgan fingerprint density at radius 2 is 1.90 bits per heavy atom. The van der Waals surface area contributed by atoms with Crippen molar-refractivity contribution in [3.05, 3.63) is 62.7 Å². The molecule has 7 heteroatoms. The molecule has 0 atom stereocenters. The van der Waals surface area contributed by atoms with Crippen LogP contribution in [0.15, 0.2) is 29.6 Å². The van der Waals surface area contributed by atoms with Gasteiger partial charge in [0.15, 0.2) is 0 Å². The quantitative estimate of drug-likeness (QED) is 0.571. The summed E-state index contributed by atoms with van der Waals surface area (Å²) in [5.74, 6) is -0.635. The largest absolute Gasteiger partial charge is 0.462 e. The number of carbonyl (C=O) groups is 2. The lowest BCUT2D eigenvalue weighted by atomic mass is 10.1. The molecule has 6 nitrogen and oxygen atoms in total. The van der Waals surface area contributed by atoms with Crippen molar-refractivity contribution in [3.8, 4) is 11.3 Å². The fourth-order valence-electron chi connectivity index (χ4n) is 3.23. The highest BCUT2D eigenvalue weighted by Gasteiger charge is 2.22. The number of amides is 1. The van der Waals surface area contributed by atoms with Gasteiger partial charge < -0.3 is 15.0 Å². The minimum Gasteiger partial charge on any atom is -0.462 e. The first-order valence-electron chi connectivity index (χ1n) is 9.56. The SMILES string of the molecule is CCOC(=O)c1c(C)[nH]c(C(=O)NCCc2ccc(-c3csc(C)n3)cc2)c1C. The first kappa shape index (κ1) is 20.8. The van der Waals surface area contributed by atoms with E-state index in [0.29, 0.717) is 42.1 Å². The van der Waals surface area contributed by atoms with Crippen LogP contribution in [0.5, 0.6) is 0 Å². The Morgan fingerprint density at radius 1 is 1.17 bits per heavy atom. The molecule has 0 aliphatic carbocycles. The summed E-state index contributed by atoms with van der Waals surface area (Å²) in [4.78, 5) is 32.1. The molecule has 29 heavy (non-hydrogen) atoms. The molecule has 1 amide bonds. The summed E-state index contributed by atoms with van der Waals surface area (Å²) in [6, 6.07) is 8.21. The Hall–Kier alpha value is -2.93. The maximum Gasteiger partial charge on any atom is 0.340 e. The number of aromatic nitrogens is 2. The van der Waals surface area contributed by atoms with Gasteiger partial charge in [-0.05, 0) is 45.2 Å². The Morgan fingerprint density at radius 3 is 2.52 bits per heavy atom. The maximum absolute atomic E-state index is 12.5. The van der Waals surface area contributed by atoms with Crippen LogP contribution < -0.4 is 5.32 Å². The van der Waals surface area contributed by atoms with Gasteiger partial charge in [-0.15, -0.1) is 11.3 Å². The van der Waals surface area contributed by atoms with Gasteiger partial charge in [-0.3, -0.25) is 4.79 Å². The summed E-state index contributed by atoms with van der Waals surface area (Å²) < 4.78 is 5.07. The molecule has 0 saturated carbocycles. The van der Waals surface area contributed by atoms with Gasteiger partial charge in [0.2, 0.25) is 0 Å². The lowest BCUT2D eigenvalue weighted by molar-refractivity contribution is 0.0525. The number of hydrogen-bond acceptors (Lipinski definition) is 5. The van der Waals surface area contributed by atoms with Crippen molar-refractivity contribution >= 4 is 23.2 Å². The first-order valence-corrected chi connectivity index (χ1v) is 10.4. The molecule has 0 aliphatic rings. The van der Waals surface area contributed by atoms with Crippen LogP contribution in [0.1, 0.15) is 49.6 Å².